The number of nitrogens with one attached hydrogen (secondary N) is 2. The highest BCUT2D eigenvalue weighted by molar-refractivity contribution is 5.84. The Labute approximate surface area is 103 Å². The molecule has 18 heavy (non-hydrogen) atoms. The SMILES string of the molecule is O=C(Nc1ccc([N+](=O)[O-])cc1)OC1CCNC1. The van der Waals surface area contributed by atoms with Gasteiger partial charge in [-0.15, -0.1) is 0 Å². The summed E-state index contributed by atoms with van der Waals surface area (Å²) >= 11 is 0. The summed E-state index contributed by atoms with van der Waals surface area (Å²) in [6.07, 6.45) is 0.147. The maximum Gasteiger partial charge on any atom is 0.411 e. The van der Waals surface area contributed by atoms with Crippen LogP contribution in [0.5, 0.6) is 0 Å². The number of nitro benzene ring substituents is 1. The number of carbonyl (C=O) groups is 1. The maximum atomic E-state index is 11.5. The molecule has 1 aromatic rings. The molecule has 2 N–H and O–H groups in total. The third-order valence-corrected chi connectivity index (χ3v) is 2.61. The summed E-state index contributed by atoms with van der Waals surface area (Å²) in [4.78, 5) is 21.4. The molecule has 0 aromatic heterocycles. The van der Waals surface area contributed by atoms with E-state index >= 15 is 0 Å². The molecule has 0 aliphatic carbocycles. The molecule has 2 rings (SSSR count). The fourth-order valence-electron chi connectivity index (χ4n) is 1.69. The Hall–Kier alpha value is -2.15. The van der Waals surface area contributed by atoms with Gasteiger partial charge in [-0.2, -0.15) is 0 Å². The van der Waals surface area contributed by atoms with Crippen LogP contribution in [0.2, 0.25) is 0 Å². The van der Waals surface area contributed by atoms with E-state index in [4.69, 9.17) is 4.74 Å². The van der Waals surface area contributed by atoms with Crippen LogP contribution in [0.15, 0.2) is 24.3 Å². The molecule has 1 atom stereocenters. The third-order valence-electron chi connectivity index (χ3n) is 2.61. The first-order valence-electron chi connectivity index (χ1n) is 5.58. The summed E-state index contributed by atoms with van der Waals surface area (Å²) < 4.78 is 5.15. The van der Waals surface area contributed by atoms with Gasteiger partial charge in [0.1, 0.15) is 6.10 Å². The molecule has 1 amide bonds. The molecule has 1 unspecified atom stereocenters. The van der Waals surface area contributed by atoms with Gasteiger partial charge in [0, 0.05) is 24.4 Å². The summed E-state index contributed by atoms with van der Waals surface area (Å²) in [7, 11) is 0. The number of hydrogen-bond acceptors (Lipinski definition) is 5. The van der Waals surface area contributed by atoms with Crippen molar-refractivity contribution in [2.45, 2.75) is 12.5 Å². The van der Waals surface area contributed by atoms with E-state index in [9.17, 15) is 14.9 Å². The number of amides is 1. The average molecular weight is 251 g/mol. The van der Waals surface area contributed by atoms with Crippen molar-refractivity contribution >= 4 is 17.5 Å². The van der Waals surface area contributed by atoms with Crippen LogP contribution in [0.1, 0.15) is 6.42 Å². The molecule has 0 bridgehead atoms. The summed E-state index contributed by atoms with van der Waals surface area (Å²) in [5, 5.41) is 16.1. The minimum atomic E-state index is -0.544. The van der Waals surface area contributed by atoms with Crippen molar-refractivity contribution in [2.75, 3.05) is 18.4 Å². The van der Waals surface area contributed by atoms with Crippen LogP contribution in [-0.4, -0.2) is 30.2 Å². The Bertz CT molecular complexity index is 440. The number of carbonyl (C=O) groups excluding carboxylic acids is 1. The molecule has 0 radical (unpaired) electrons. The van der Waals surface area contributed by atoms with Crippen molar-refractivity contribution in [2.24, 2.45) is 0 Å². The Morgan fingerprint density at radius 3 is 2.72 bits per heavy atom. The Morgan fingerprint density at radius 2 is 2.17 bits per heavy atom. The first-order chi connectivity index (χ1) is 8.65. The van der Waals surface area contributed by atoms with E-state index in [1.807, 2.05) is 0 Å². The number of ether oxygens (including phenoxy) is 1. The zero-order valence-electron chi connectivity index (χ0n) is 9.59. The van der Waals surface area contributed by atoms with Gasteiger partial charge in [0.05, 0.1) is 4.92 Å². The largest absolute Gasteiger partial charge is 0.445 e. The number of rotatable bonds is 3. The van der Waals surface area contributed by atoms with E-state index in [1.54, 1.807) is 0 Å². The van der Waals surface area contributed by atoms with Crippen molar-refractivity contribution in [3.63, 3.8) is 0 Å². The third kappa shape index (κ3) is 3.17. The lowest BCUT2D eigenvalue weighted by atomic mass is 10.3. The van der Waals surface area contributed by atoms with Crippen LogP contribution in [-0.2, 0) is 4.74 Å². The Kier molecular flexibility index (Phi) is 3.73. The molecule has 96 valence electrons. The van der Waals surface area contributed by atoms with Crippen molar-refractivity contribution in [1.29, 1.82) is 0 Å². The van der Waals surface area contributed by atoms with E-state index in [0.29, 0.717) is 12.2 Å². The van der Waals surface area contributed by atoms with Crippen LogP contribution in [0.4, 0.5) is 16.2 Å². The minimum absolute atomic E-state index is 0.0195. The molecule has 0 spiro atoms. The molecule has 7 nitrogen and oxygen atoms in total. The number of anilines is 1. The first-order valence-corrected chi connectivity index (χ1v) is 5.58. The highest BCUT2D eigenvalue weighted by atomic mass is 16.6. The van der Waals surface area contributed by atoms with E-state index in [0.717, 1.165) is 13.0 Å². The van der Waals surface area contributed by atoms with Gasteiger partial charge < -0.3 is 10.1 Å². The predicted octanol–water partition coefficient (Wildman–Crippen LogP) is 1.51. The summed E-state index contributed by atoms with van der Waals surface area (Å²) in [6, 6.07) is 5.58. The molecule has 1 aromatic carbocycles. The summed E-state index contributed by atoms with van der Waals surface area (Å²) in [5.74, 6) is 0. The zero-order valence-corrected chi connectivity index (χ0v) is 9.59. The van der Waals surface area contributed by atoms with Crippen LogP contribution in [0.25, 0.3) is 0 Å². The molecule has 1 aliphatic heterocycles. The molecule has 1 heterocycles. The van der Waals surface area contributed by atoms with E-state index in [2.05, 4.69) is 10.6 Å². The van der Waals surface area contributed by atoms with Crippen LogP contribution in [0.3, 0.4) is 0 Å². The molecule has 1 aliphatic rings. The number of nitro groups is 1. The highest BCUT2D eigenvalue weighted by Crippen LogP contribution is 2.16. The first kappa shape index (κ1) is 12.3. The molecular formula is C11H13N3O4. The van der Waals surface area contributed by atoms with Gasteiger partial charge in [0.15, 0.2) is 0 Å². The second-order valence-electron chi connectivity index (χ2n) is 3.95. The standard InChI is InChI=1S/C11H13N3O4/c15-11(18-10-5-6-12-7-10)13-8-1-3-9(4-2-8)14(16)17/h1-4,10,12H,5-7H2,(H,13,15). The topological polar surface area (TPSA) is 93.5 Å². The summed E-state index contributed by atoms with van der Waals surface area (Å²) in [6.45, 7) is 1.50. The zero-order chi connectivity index (χ0) is 13.0. The molecule has 1 fully saturated rings. The normalized spacial score (nSPS) is 18.3. The number of nitrogens with zero attached hydrogens (tertiary/aromatic N) is 1. The van der Waals surface area contributed by atoms with Gasteiger partial charge in [0.2, 0.25) is 0 Å². The van der Waals surface area contributed by atoms with E-state index in [-0.39, 0.29) is 11.8 Å². The monoisotopic (exact) mass is 251 g/mol. The van der Waals surface area contributed by atoms with Gasteiger partial charge in [-0.25, -0.2) is 4.79 Å². The average Bonchev–Trinajstić information content (AvgIpc) is 2.82. The molecule has 7 heteroatoms. The summed E-state index contributed by atoms with van der Waals surface area (Å²) in [5.41, 5.74) is 0.450. The molecule has 0 saturated carbocycles. The Balaban J connectivity index is 1.88. The van der Waals surface area contributed by atoms with E-state index < -0.39 is 11.0 Å². The maximum absolute atomic E-state index is 11.5. The van der Waals surface area contributed by atoms with Gasteiger partial charge in [-0.05, 0) is 25.1 Å². The van der Waals surface area contributed by atoms with Crippen LogP contribution >= 0.6 is 0 Å². The van der Waals surface area contributed by atoms with Crippen molar-refractivity contribution in [3.05, 3.63) is 34.4 Å². The fraction of sp³-hybridized carbons (Fsp3) is 0.364. The lowest BCUT2D eigenvalue weighted by Crippen LogP contribution is -2.24. The number of benzene rings is 1. The number of non-ortho nitro benzene ring substituents is 1. The van der Waals surface area contributed by atoms with Crippen molar-refractivity contribution in [1.82, 2.24) is 5.32 Å². The van der Waals surface area contributed by atoms with Crippen molar-refractivity contribution < 1.29 is 14.5 Å². The predicted molar refractivity (Wildman–Crippen MR) is 64.5 cm³/mol. The lowest BCUT2D eigenvalue weighted by Gasteiger charge is -2.11. The molecular weight excluding hydrogens is 238 g/mol. The second kappa shape index (κ2) is 5.46. The number of hydrogen-bond donors (Lipinski definition) is 2. The van der Waals surface area contributed by atoms with Gasteiger partial charge in [-0.1, -0.05) is 0 Å². The van der Waals surface area contributed by atoms with Crippen LogP contribution in [0, 0.1) is 10.1 Å². The van der Waals surface area contributed by atoms with Crippen LogP contribution < -0.4 is 10.6 Å². The fourth-order valence-corrected chi connectivity index (χ4v) is 1.69. The van der Waals surface area contributed by atoms with Gasteiger partial charge in [-0.3, -0.25) is 15.4 Å². The highest BCUT2D eigenvalue weighted by Gasteiger charge is 2.18. The molecule has 1 saturated heterocycles. The second-order valence-corrected chi connectivity index (χ2v) is 3.95. The quantitative estimate of drug-likeness (QED) is 0.627. The van der Waals surface area contributed by atoms with Gasteiger partial charge >= 0.3 is 6.09 Å². The Morgan fingerprint density at radius 1 is 1.44 bits per heavy atom. The van der Waals surface area contributed by atoms with Crippen molar-refractivity contribution in [3.8, 4) is 0 Å². The minimum Gasteiger partial charge on any atom is -0.445 e. The lowest BCUT2D eigenvalue weighted by molar-refractivity contribution is -0.384. The van der Waals surface area contributed by atoms with E-state index in [1.165, 1.54) is 24.3 Å². The smallest absolute Gasteiger partial charge is 0.411 e. The van der Waals surface area contributed by atoms with Gasteiger partial charge in [0.25, 0.3) is 5.69 Å².